The first-order valence-electron chi connectivity index (χ1n) is 10.3. The SMILES string of the molecule is Cc1cc(Cl)ccc1OCC(=O)Nc1cccc(NC(=O)c2ccc(C(C)(C)C)cc2)c1. The number of carbonyl (C=O) groups is 2. The van der Waals surface area contributed by atoms with Gasteiger partial charge in [0.05, 0.1) is 0 Å². The quantitative estimate of drug-likeness (QED) is 0.468. The summed E-state index contributed by atoms with van der Waals surface area (Å²) in [5, 5.41) is 6.26. The van der Waals surface area contributed by atoms with E-state index < -0.39 is 0 Å². The van der Waals surface area contributed by atoms with E-state index in [1.165, 1.54) is 0 Å². The third kappa shape index (κ3) is 6.34. The van der Waals surface area contributed by atoms with E-state index in [1.54, 1.807) is 42.5 Å². The van der Waals surface area contributed by atoms with Gasteiger partial charge in [0, 0.05) is 22.0 Å². The lowest BCUT2D eigenvalue weighted by Gasteiger charge is -2.19. The topological polar surface area (TPSA) is 67.4 Å². The zero-order valence-electron chi connectivity index (χ0n) is 18.7. The largest absolute Gasteiger partial charge is 0.483 e. The molecular weight excluding hydrogens is 424 g/mol. The number of rotatable bonds is 6. The van der Waals surface area contributed by atoms with Crippen LogP contribution >= 0.6 is 11.6 Å². The van der Waals surface area contributed by atoms with Gasteiger partial charge < -0.3 is 15.4 Å². The van der Waals surface area contributed by atoms with Gasteiger partial charge in [-0.1, -0.05) is 50.6 Å². The monoisotopic (exact) mass is 450 g/mol. The van der Waals surface area contributed by atoms with Crippen molar-refractivity contribution in [3.05, 3.63) is 88.4 Å². The van der Waals surface area contributed by atoms with Crippen molar-refractivity contribution in [1.82, 2.24) is 0 Å². The number of carbonyl (C=O) groups excluding carboxylic acids is 2. The summed E-state index contributed by atoms with van der Waals surface area (Å²) in [5.41, 5.74) is 3.76. The molecule has 0 saturated heterocycles. The Balaban J connectivity index is 1.58. The Morgan fingerprint density at radius 3 is 2.19 bits per heavy atom. The number of amides is 2. The maximum atomic E-state index is 12.6. The highest BCUT2D eigenvalue weighted by Gasteiger charge is 2.14. The van der Waals surface area contributed by atoms with Gasteiger partial charge in [-0.15, -0.1) is 0 Å². The summed E-state index contributed by atoms with van der Waals surface area (Å²) in [6.07, 6.45) is 0. The van der Waals surface area contributed by atoms with E-state index in [9.17, 15) is 9.59 Å². The predicted octanol–water partition coefficient (Wildman–Crippen LogP) is 6.22. The number of benzene rings is 3. The van der Waals surface area contributed by atoms with Crippen LogP contribution in [-0.4, -0.2) is 18.4 Å². The number of hydrogen-bond acceptors (Lipinski definition) is 3. The molecule has 166 valence electrons. The minimum atomic E-state index is -0.305. The molecule has 0 aromatic heterocycles. The molecule has 0 atom stereocenters. The van der Waals surface area contributed by atoms with Crippen molar-refractivity contribution in [3.8, 4) is 5.75 Å². The van der Waals surface area contributed by atoms with Crippen LogP contribution in [0.25, 0.3) is 0 Å². The van der Waals surface area contributed by atoms with Crippen LogP contribution in [0.15, 0.2) is 66.7 Å². The second kappa shape index (κ2) is 9.88. The second-order valence-electron chi connectivity index (χ2n) is 8.61. The summed E-state index contributed by atoms with van der Waals surface area (Å²) < 4.78 is 5.57. The molecule has 0 radical (unpaired) electrons. The van der Waals surface area contributed by atoms with Gasteiger partial charge in [0.1, 0.15) is 5.75 Å². The minimum absolute atomic E-state index is 0.0253. The van der Waals surface area contributed by atoms with Crippen LogP contribution in [0.4, 0.5) is 11.4 Å². The normalized spacial score (nSPS) is 11.0. The number of anilines is 2. The Hall–Kier alpha value is -3.31. The molecule has 2 amide bonds. The summed E-state index contributed by atoms with van der Waals surface area (Å²) >= 11 is 5.94. The molecule has 2 N–H and O–H groups in total. The molecule has 0 saturated carbocycles. The first-order valence-corrected chi connectivity index (χ1v) is 10.7. The number of hydrogen-bond donors (Lipinski definition) is 2. The lowest BCUT2D eigenvalue weighted by atomic mass is 9.87. The number of halogens is 1. The first kappa shape index (κ1) is 23.4. The Kier molecular flexibility index (Phi) is 7.21. The predicted molar refractivity (Wildman–Crippen MR) is 130 cm³/mol. The van der Waals surface area contributed by atoms with Crippen molar-refractivity contribution >= 4 is 34.8 Å². The number of ether oxygens (including phenoxy) is 1. The van der Waals surface area contributed by atoms with Gasteiger partial charge in [-0.05, 0) is 72.0 Å². The van der Waals surface area contributed by atoms with Crippen LogP contribution < -0.4 is 15.4 Å². The molecule has 3 rings (SSSR count). The summed E-state index contributed by atoms with van der Waals surface area (Å²) in [7, 11) is 0. The average Bonchev–Trinajstić information content (AvgIpc) is 2.73. The molecule has 0 aliphatic carbocycles. The van der Waals surface area contributed by atoms with Gasteiger partial charge in [0.15, 0.2) is 6.61 Å². The fourth-order valence-corrected chi connectivity index (χ4v) is 3.34. The smallest absolute Gasteiger partial charge is 0.262 e. The van der Waals surface area contributed by atoms with Crippen LogP contribution in [0, 0.1) is 6.92 Å². The molecular formula is C26H27ClN2O3. The summed E-state index contributed by atoms with van der Waals surface area (Å²) in [6.45, 7) is 8.11. The van der Waals surface area contributed by atoms with Gasteiger partial charge in [-0.25, -0.2) is 0 Å². The Bertz CT molecular complexity index is 1120. The van der Waals surface area contributed by atoms with Gasteiger partial charge >= 0.3 is 0 Å². The molecule has 0 aliphatic rings. The van der Waals surface area contributed by atoms with Crippen molar-refractivity contribution in [2.24, 2.45) is 0 Å². The van der Waals surface area contributed by atoms with Gasteiger partial charge in [-0.2, -0.15) is 0 Å². The van der Waals surface area contributed by atoms with Crippen LogP contribution in [0.3, 0.4) is 0 Å². The molecule has 32 heavy (non-hydrogen) atoms. The summed E-state index contributed by atoms with van der Waals surface area (Å²) in [4.78, 5) is 24.9. The Morgan fingerprint density at radius 1 is 0.906 bits per heavy atom. The Morgan fingerprint density at radius 2 is 1.56 bits per heavy atom. The summed E-state index contributed by atoms with van der Waals surface area (Å²) in [5.74, 6) is 0.0825. The fourth-order valence-electron chi connectivity index (χ4n) is 3.11. The lowest BCUT2D eigenvalue weighted by Crippen LogP contribution is -2.20. The van der Waals surface area contributed by atoms with Crippen LogP contribution in [0.1, 0.15) is 42.3 Å². The Labute approximate surface area is 193 Å². The molecule has 5 nitrogen and oxygen atoms in total. The molecule has 0 fully saturated rings. The van der Waals surface area contributed by atoms with E-state index in [4.69, 9.17) is 16.3 Å². The summed E-state index contributed by atoms with van der Waals surface area (Å²) in [6, 6.07) is 19.8. The van der Waals surface area contributed by atoms with Crippen molar-refractivity contribution in [2.75, 3.05) is 17.2 Å². The van der Waals surface area contributed by atoms with E-state index >= 15 is 0 Å². The zero-order valence-corrected chi connectivity index (χ0v) is 19.4. The fraction of sp³-hybridized carbons (Fsp3) is 0.231. The molecule has 0 heterocycles. The standard InChI is InChI=1S/C26H27ClN2O3/c1-17-14-20(27)12-13-23(17)32-16-24(30)28-21-6-5-7-22(15-21)29-25(31)18-8-10-19(11-9-18)26(2,3)4/h5-15H,16H2,1-4H3,(H,28,30)(H,29,31). The van der Waals surface area contributed by atoms with E-state index in [-0.39, 0.29) is 23.8 Å². The molecule has 0 aliphatic heterocycles. The molecule has 0 bridgehead atoms. The molecule has 0 unspecified atom stereocenters. The second-order valence-corrected chi connectivity index (χ2v) is 9.05. The average molecular weight is 451 g/mol. The van der Waals surface area contributed by atoms with E-state index in [0.717, 1.165) is 11.1 Å². The highest BCUT2D eigenvalue weighted by molar-refractivity contribution is 6.30. The third-order valence-corrected chi connectivity index (χ3v) is 5.15. The van der Waals surface area contributed by atoms with Crippen molar-refractivity contribution in [2.45, 2.75) is 33.1 Å². The van der Waals surface area contributed by atoms with E-state index in [2.05, 4.69) is 31.4 Å². The first-order chi connectivity index (χ1) is 15.1. The van der Waals surface area contributed by atoms with E-state index in [1.807, 2.05) is 31.2 Å². The lowest BCUT2D eigenvalue weighted by molar-refractivity contribution is -0.118. The third-order valence-electron chi connectivity index (χ3n) is 4.91. The zero-order chi connectivity index (χ0) is 23.3. The highest BCUT2D eigenvalue weighted by Crippen LogP contribution is 2.23. The molecule has 3 aromatic rings. The van der Waals surface area contributed by atoms with Crippen molar-refractivity contribution in [1.29, 1.82) is 0 Å². The number of aryl methyl sites for hydroxylation is 1. The molecule has 6 heteroatoms. The van der Waals surface area contributed by atoms with Crippen LogP contribution in [0.2, 0.25) is 5.02 Å². The minimum Gasteiger partial charge on any atom is -0.483 e. The van der Waals surface area contributed by atoms with Gasteiger partial charge in [-0.3, -0.25) is 9.59 Å². The van der Waals surface area contributed by atoms with Crippen molar-refractivity contribution < 1.29 is 14.3 Å². The van der Waals surface area contributed by atoms with Gasteiger partial charge in [0.25, 0.3) is 11.8 Å². The van der Waals surface area contributed by atoms with Crippen molar-refractivity contribution in [3.63, 3.8) is 0 Å². The van der Waals surface area contributed by atoms with E-state index in [0.29, 0.717) is 27.7 Å². The van der Waals surface area contributed by atoms with Crippen LogP contribution in [-0.2, 0) is 10.2 Å². The molecule has 3 aromatic carbocycles. The number of nitrogens with one attached hydrogen (secondary N) is 2. The van der Waals surface area contributed by atoms with Gasteiger partial charge in [0.2, 0.25) is 0 Å². The van der Waals surface area contributed by atoms with Crippen LogP contribution in [0.5, 0.6) is 5.75 Å². The highest BCUT2D eigenvalue weighted by atomic mass is 35.5. The maximum Gasteiger partial charge on any atom is 0.262 e. The molecule has 0 spiro atoms. The maximum absolute atomic E-state index is 12.6.